The van der Waals surface area contributed by atoms with Crippen LogP contribution in [-0.4, -0.2) is 46.9 Å². The number of benzene rings is 1. The topological polar surface area (TPSA) is 85.0 Å². The minimum atomic E-state index is -0.615. The number of hydrogen-bond donors (Lipinski definition) is 1. The van der Waals surface area contributed by atoms with Gasteiger partial charge in [-0.1, -0.05) is 17.3 Å². The van der Waals surface area contributed by atoms with Crippen molar-refractivity contribution in [1.82, 2.24) is 10.1 Å². The number of carbonyl (C=O) groups excluding carboxylic acids is 1. The fourth-order valence-electron chi connectivity index (χ4n) is 2.79. The van der Waals surface area contributed by atoms with E-state index in [1.54, 1.807) is 17.0 Å². The normalized spacial score (nSPS) is 20.2. The molecule has 3 heterocycles. The predicted molar refractivity (Wildman–Crippen MR) is 78.1 cm³/mol. The summed E-state index contributed by atoms with van der Waals surface area (Å²) in [6.07, 6.45) is -0.615. The van der Waals surface area contributed by atoms with Crippen molar-refractivity contribution in [2.24, 2.45) is 0 Å². The predicted octanol–water partition coefficient (Wildman–Crippen LogP) is 0.933. The van der Waals surface area contributed by atoms with Crippen molar-refractivity contribution in [2.45, 2.75) is 18.6 Å². The summed E-state index contributed by atoms with van der Waals surface area (Å²) < 4.78 is 16.3. The standard InChI is InChI=1S/C16H16N2O5/c19-8-11-5-12(17-23-11)10-6-18(7-10)16(20)15-9-21-13-3-1-2-4-14(13)22-15/h1-5,10,15,19H,6-9H2. The summed E-state index contributed by atoms with van der Waals surface area (Å²) >= 11 is 0. The number of fused-ring (bicyclic) bond motifs is 1. The van der Waals surface area contributed by atoms with Crippen LogP contribution in [0.3, 0.4) is 0 Å². The van der Waals surface area contributed by atoms with Crippen LogP contribution in [0.15, 0.2) is 34.9 Å². The third-order valence-corrected chi connectivity index (χ3v) is 4.13. The molecule has 23 heavy (non-hydrogen) atoms. The zero-order valence-corrected chi connectivity index (χ0v) is 12.3. The van der Waals surface area contributed by atoms with Crippen LogP contribution in [0.25, 0.3) is 0 Å². The number of aromatic nitrogens is 1. The van der Waals surface area contributed by atoms with Gasteiger partial charge in [0, 0.05) is 25.1 Å². The first-order valence-electron chi connectivity index (χ1n) is 7.48. The largest absolute Gasteiger partial charge is 0.485 e. The molecule has 1 aromatic carbocycles. The molecule has 1 unspecified atom stereocenters. The van der Waals surface area contributed by atoms with Gasteiger partial charge in [-0.05, 0) is 12.1 Å². The highest BCUT2D eigenvalue weighted by atomic mass is 16.6. The van der Waals surface area contributed by atoms with Gasteiger partial charge < -0.3 is 24.0 Å². The average molecular weight is 316 g/mol. The summed E-state index contributed by atoms with van der Waals surface area (Å²) in [5.74, 6) is 1.75. The molecule has 1 aromatic heterocycles. The quantitative estimate of drug-likeness (QED) is 0.907. The molecule has 7 nitrogen and oxygen atoms in total. The van der Waals surface area contributed by atoms with E-state index in [0.717, 1.165) is 5.69 Å². The Kier molecular flexibility index (Phi) is 3.42. The van der Waals surface area contributed by atoms with E-state index in [1.807, 2.05) is 18.2 Å². The third kappa shape index (κ3) is 2.53. The number of rotatable bonds is 3. The zero-order chi connectivity index (χ0) is 15.8. The van der Waals surface area contributed by atoms with Crippen molar-refractivity contribution in [2.75, 3.05) is 19.7 Å². The Bertz CT molecular complexity index is 723. The second-order valence-corrected chi connectivity index (χ2v) is 5.68. The molecule has 0 radical (unpaired) electrons. The maximum absolute atomic E-state index is 12.5. The van der Waals surface area contributed by atoms with Gasteiger partial charge in [-0.3, -0.25) is 4.79 Å². The van der Waals surface area contributed by atoms with Gasteiger partial charge in [-0.15, -0.1) is 0 Å². The highest BCUT2D eigenvalue weighted by molar-refractivity contribution is 5.83. The summed E-state index contributed by atoms with van der Waals surface area (Å²) in [5.41, 5.74) is 0.768. The van der Waals surface area contributed by atoms with Gasteiger partial charge in [0.15, 0.2) is 17.3 Å². The molecular formula is C16H16N2O5. The van der Waals surface area contributed by atoms with Gasteiger partial charge in [0.25, 0.3) is 5.91 Å². The maximum Gasteiger partial charge on any atom is 0.267 e. The number of ether oxygens (including phenoxy) is 2. The van der Waals surface area contributed by atoms with E-state index in [2.05, 4.69) is 5.16 Å². The van der Waals surface area contributed by atoms with Crippen LogP contribution in [0.2, 0.25) is 0 Å². The van der Waals surface area contributed by atoms with Crippen LogP contribution < -0.4 is 9.47 Å². The highest BCUT2D eigenvalue weighted by Crippen LogP contribution is 2.33. The fraction of sp³-hybridized carbons (Fsp3) is 0.375. The number of para-hydroxylation sites is 2. The van der Waals surface area contributed by atoms with E-state index in [9.17, 15) is 4.79 Å². The average Bonchev–Trinajstić information content (AvgIpc) is 3.01. The Morgan fingerprint density at radius 2 is 2.09 bits per heavy atom. The molecule has 1 fully saturated rings. The van der Waals surface area contributed by atoms with E-state index >= 15 is 0 Å². The minimum absolute atomic E-state index is 0.0818. The van der Waals surface area contributed by atoms with Crippen molar-refractivity contribution < 1.29 is 23.9 Å². The molecule has 120 valence electrons. The Morgan fingerprint density at radius 1 is 1.30 bits per heavy atom. The summed E-state index contributed by atoms with van der Waals surface area (Å²) in [5, 5.41) is 12.9. The van der Waals surface area contributed by atoms with E-state index in [4.69, 9.17) is 19.1 Å². The van der Waals surface area contributed by atoms with Crippen molar-refractivity contribution in [3.8, 4) is 11.5 Å². The minimum Gasteiger partial charge on any atom is -0.485 e. The molecule has 2 aromatic rings. The van der Waals surface area contributed by atoms with E-state index in [1.165, 1.54) is 0 Å². The molecule has 1 saturated heterocycles. The van der Waals surface area contributed by atoms with Gasteiger partial charge in [0.1, 0.15) is 13.2 Å². The van der Waals surface area contributed by atoms with Gasteiger partial charge in [-0.2, -0.15) is 0 Å². The first kappa shape index (κ1) is 14.1. The van der Waals surface area contributed by atoms with Crippen LogP contribution in [0, 0.1) is 0 Å². The number of likely N-dealkylation sites (tertiary alicyclic amines) is 1. The molecular weight excluding hydrogens is 300 g/mol. The van der Waals surface area contributed by atoms with E-state index in [-0.39, 0.29) is 25.0 Å². The molecule has 4 rings (SSSR count). The number of amides is 1. The van der Waals surface area contributed by atoms with Gasteiger partial charge >= 0.3 is 0 Å². The SMILES string of the molecule is O=C(C1COc2ccccc2O1)N1CC(c2cc(CO)on2)C1. The summed E-state index contributed by atoms with van der Waals surface area (Å²) in [6.45, 7) is 1.18. The number of carbonyl (C=O) groups is 1. The zero-order valence-electron chi connectivity index (χ0n) is 12.3. The first-order valence-corrected chi connectivity index (χ1v) is 7.48. The van der Waals surface area contributed by atoms with Gasteiger partial charge in [-0.25, -0.2) is 0 Å². The lowest BCUT2D eigenvalue weighted by atomic mass is 9.95. The molecule has 0 bridgehead atoms. The molecule has 1 atom stereocenters. The molecule has 0 saturated carbocycles. The molecule has 1 N–H and O–H groups in total. The second kappa shape index (κ2) is 5.58. The number of aliphatic hydroxyl groups excluding tert-OH is 1. The lowest BCUT2D eigenvalue weighted by molar-refractivity contribution is -0.145. The number of aliphatic hydroxyl groups is 1. The summed E-state index contributed by atoms with van der Waals surface area (Å²) in [7, 11) is 0. The number of hydrogen-bond acceptors (Lipinski definition) is 6. The Balaban J connectivity index is 1.36. The third-order valence-electron chi connectivity index (χ3n) is 4.13. The highest BCUT2D eigenvalue weighted by Gasteiger charge is 2.39. The van der Waals surface area contributed by atoms with Crippen LogP contribution in [0.5, 0.6) is 11.5 Å². The smallest absolute Gasteiger partial charge is 0.267 e. The molecule has 2 aliphatic rings. The molecule has 1 amide bonds. The number of nitrogens with zero attached hydrogens (tertiary/aromatic N) is 2. The van der Waals surface area contributed by atoms with Crippen LogP contribution in [-0.2, 0) is 11.4 Å². The Hall–Kier alpha value is -2.54. The molecule has 2 aliphatic heterocycles. The first-order chi connectivity index (χ1) is 11.2. The second-order valence-electron chi connectivity index (χ2n) is 5.68. The monoisotopic (exact) mass is 316 g/mol. The summed E-state index contributed by atoms with van der Waals surface area (Å²) in [4.78, 5) is 14.2. The maximum atomic E-state index is 12.5. The molecule has 0 spiro atoms. The molecule has 7 heteroatoms. The van der Waals surface area contributed by atoms with E-state index in [0.29, 0.717) is 30.3 Å². The fourth-order valence-corrected chi connectivity index (χ4v) is 2.79. The van der Waals surface area contributed by atoms with Crippen LogP contribution >= 0.6 is 0 Å². The van der Waals surface area contributed by atoms with Crippen molar-refractivity contribution in [3.05, 3.63) is 41.8 Å². The van der Waals surface area contributed by atoms with Crippen LogP contribution in [0.1, 0.15) is 17.4 Å². The van der Waals surface area contributed by atoms with Crippen LogP contribution in [0.4, 0.5) is 0 Å². The Morgan fingerprint density at radius 3 is 2.83 bits per heavy atom. The summed E-state index contributed by atoms with van der Waals surface area (Å²) in [6, 6.07) is 9.04. The molecule has 0 aliphatic carbocycles. The lowest BCUT2D eigenvalue weighted by Crippen LogP contribution is -2.55. The van der Waals surface area contributed by atoms with Crippen molar-refractivity contribution in [3.63, 3.8) is 0 Å². The lowest BCUT2D eigenvalue weighted by Gasteiger charge is -2.40. The van der Waals surface area contributed by atoms with Gasteiger partial charge in [0.2, 0.25) is 6.10 Å². The van der Waals surface area contributed by atoms with Crippen molar-refractivity contribution >= 4 is 5.91 Å². The van der Waals surface area contributed by atoms with Crippen molar-refractivity contribution in [1.29, 1.82) is 0 Å². The van der Waals surface area contributed by atoms with Gasteiger partial charge in [0.05, 0.1) is 5.69 Å². The van der Waals surface area contributed by atoms with E-state index < -0.39 is 6.10 Å². The Labute approximate surface area is 132 Å².